The van der Waals surface area contributed by atoms with Gasteiger partial charge in [0.1, 0.15) is 0 Å². The summed E-state index contributed by atoms with van der Waals surface area (Å²) < 4.78 is 35.0. The minimum Gasteiger partial charge on any atom is -0.376 e. The first-order chi connectivity index (χ1) is 12.5. The summed E-state index contributed by atoms with van der Waals surface area (Å²) in [6.07, 6.45) is 5.98. The van der Waals surface area contributed by atoms with Crippen molar-refractivity contribution >= 4 is 15.8 Å². The van der Waals surface area contributed by atoms with E-state index in [-0.39, 0.29) is 23.7 Å². The molecular weight excluding hydrogens is 354 g/mol. The van der Waals surface area contributed by atoms with Gasteiger partial charge in [-0.3, -0.25) is 4.99 Å². The van der Waals surface area contributed by atoms with Gasteiger partial charge in [0.05, 0.1) is 31.1 Å². The van der Waals surface area contributed by atoms with Crippen LogP contribution in [0, 0.1) is 0 Å². The summed E-state index contributed by atoms with van der Waals surface area (Å²) in [4.78, 5) is 6.71. The van der Waals surface area contributed by atoms with Gasteiger partial charge in [-0.05, 0) is 39.0 Å². The lowest BCUT2D eigenvalue weighted by atomic mass is 10.1. The highest BCUT2D eigenvalue weighted by atomic mass is 32.2. The Kier molecular flexibility index (Phi) is 9.15. The van der Waals surface area contributed by atoms with E-state index in [9.17, 15) is 8.42 Å². The van der Waals surface area contributed by atoms with Crippen LogP contribution in [0.4, 0.5) is 0 Å². The fourth-order valence-electron chi connectivity index (χ4n) is 3.28. The average Bonchev–Trinajstić information content (AvgIpc) is 2.67. The fourth-order valence-corrected chi connectivity index (χ4v) is 3.94. The van der Waals surface area contributed by atoms with Crippen LogP contribution in [0.25, 0.3) is 0 Å². The number of piperidine rings is 1. The van der Waals surface area contributed by atoms with E-state index in [2.05, 4.69) is 15.2 Å². The monoisotopic (exact) mass is 389 g/mol. The van der Waals surface area contributed by atoms with Crippen LogP contribution in [0.15, 0.2) is 4.99 Å². The fraction of sp³-hybridized carbons (Fsp3) is 0.944. The Hall–Kier alpha value is -0.860. The number of likely N-dealkylation sites (tertiary alicyclic amines) is 1. The summed E-state index contributed by atoms with van der Waals surface area (Å²) in [5.41, 5.74) is 0. The predicted molar refractivity (Wildman–Crippen MR) is 104 cm³/mol. The van der Waals surface area contributed by atoms with E-state index in [1.54, 1.807) is 6.92 Å². The first kappa shape index (κ1) is 21.4. The molecule has 0 aromatic rings. The number of hydrogen-bond donors (Lipinski definition) is 1. The second-order valence-corrected chi connectivity index (χ2v) is 9.45. The zero-order valence-corrected chi connectivity index (χ0v) is 17.1. The van der Waals surface area contributed by atoms with Gasteiger partial charge in [0, 0.05) is 32.0 Å². The number of aliphatic imine (C=N–C) groups is 1. The molecule has 152 valence electrons. The quantitative estimate of drug-likeness (QED) is 0.500. The summed E-state index contributed by atoms with van der Waals surface area (Å²) >= 11 is 0. The molecule has 2 aliphatic heterocycles. The zero-order valence-electron chi connectivity index (χ0n) is 16.3. The maximum absolute atomic E-state index is 11.6. The van der Waals surface area contributed by atoms with Crippen molar-refractivity contribution in [2.24, 2.45) is 4.99 Å². The highest BCUT2D eigenvalue weighted by molar-refractivity contribution is 7.91. The van der Waals surface area contributed by atoms with Crippen molar-refractivity contribution in [1.82, 2.24) is 10.2 Å². The number of ether oxygens (including phenoxy) is 2. The lowest BCUT2D eigenvalue weighted by molar-refractivity contribution is -0.0721. The number of hydrogen-bond acceptors (Lipinski definition) is 5. The van der Waals surface area contributed by atoms with Crippen LogP contribution in [0.2, 0.25) is 0 Å². The number of rotatable bonds is 8. The summed E-state index contributed by atoms with van der Waals surface area (Å²) in [6.45, 7) is 8.11. The second kappa shape index (κ2) is 11.1. The Morgan fingerprint density at radius 2 is 2.00 bits per heavy atom. The minimum atomic E-state index is -2.97. The highest BCUT2D eigenvalue weighted by Crippen LogP contribution is 2.18. The van der Waals surface area contributed by atoms with Gasteiger partial charge in [0.25, 0.3) is 0 Å². The molecule has 0 amide bonds. The number of nitrogens with zero attached hydrogens (tertiary/aromatic N) is 2. The van der Waals surface area contributed by atoms with E-state index in [4.69, 9.17) is 9.47 Å². The smallest absolute Gasteiger partial charge is 0.193 e. The summed E-state index contributed by atoms with van der Waals surface area (Å²) in [7, 11) is -2.97. The third-order valence-electron chi connectivity index (χ3n) is 4.97. The number of guanidine groups is 1. The Labute approximate surface area is 158 Å². The van der Waals surface area contributed by atoms with Gasteiger partial charge in [-0.15, -0.1) is 0 Å². The molecule has 0 spiro atoms. The van der Waals surface area contributed by atoms with Gasteiger partial charge >= 0.3 is 0 Å². The van der Waals surface area contributed by atoms with Crippen LogP contribution in [-0.2, 0) is 19.3 Å². The van der Waals surface area contributed by atoms with Crippen molar-refractivity contribution in [2.75, 3.05) is 50.9 Å². The topological polar surface area (TPSA) is 80.2 Å². The van der Waals surface area contributed by atoms with Crippen LogP contribution in [0.1, 0.15) is 46.0 Å². The van der Waals surface area contributed by atoms with Crippen molar-refractivity contribution in [3.8, 4) is 0 Å². The third kappa shape index (κ3) is 7.40. The van der Waals surface area contributed by atoms with E-state index in [0.29, 0.717) is 13.2 Å². The van der Waals surface area contributed by atoms with Crippen molar-refractivity contribution in [3.05, 3.63) is 0 Å². The molecule has 0 saturated carbocycles. The average molecular weight is 390 g/mol. The highest BCUT2D eigenvalue weighted by Gasteiger charge is 2.23. The van der Waals surface area contributed by atoms with Crippen molar-refractivity contribution < 1.29 is 17.9 Å². The van der Waals surface area contributed by atoms with Crippen molar-refractivity contribution in [3.63, 3.8) is 0 Å². The maximum Gasteiger partial charge on any atom is 0.193 e. The maximum atomic E-state index is 11.6. The molecule has 0 aliphatic carbocycles. The third-order valence-corrected chi connectivity index (χ3v) is 6.66. The molecule has 2 rings (SSSR count). The molecule has 0 aromatic heterocycles. The van der Waals surface area contributed by atoms with Crippen LogP contribution in [0.3, 0.4) is 0 Å². The molecule has 2 aliphatic rings. The Bertz CT molecular complexity index is 525. The number of sulfone groups is 1. The summed E-state index contributed by atoms with van der Waals surface area (Å²) in [5.74, 6) is 1.10. The van der Waals surface area contributed by atoms with E-state index < -0.39 is 9.84 Å². The van der Waals surface area contributed by atoms with Crippen molar-refractivity contribution in [2.45, 2.75) is 58.2 Å². The second-order valence-electron chi connectivity index (χ2n) is 6.98. The van der Waals surface area contributed by atoms with Gasteiger partial charge in [-0.2, -0.15) is 0 Å². The molecule has 8 heteroatoms. The summed E-state index contributed by atoms with van der Waals surface area (Å²) in [5, 5.41) is 3.28. The van der Waals surface area contributed by atoms with E-state index >= 15 is 0 Å². The molecule has 2 heterocycles. The molecule has 1 N–H and O–H groups in total. The first-order valence-corrected chi connectivity index (χ1v) is 11.8. The molecule has 1 atom stereocenters. The SMILES string of the molecule is CCNC(=NCCS(=O)(=O)CC)N1CCC(OCC2CCCCO2)CC1. The predicted octanol–water partition coefficient (Wildman–Crippen LogP) is 1.44. The van der Waals surface area contributed by atoms with Crippen LogP contribution >= 0.6 is 0 Å². The standard InChI is InChI=1S/C18H35N3O4S/c1-3-19-18(20-10-14-26(22,23)4-2)21-11-8-16(9-12-21)25-15-17-7-5-6-13-24-17/h16-17H,3-15H2,1-2H3,(H,19,20). The minimum absolute atomic E-state index is 0.110. The zero-order chi connectivity index (χ0) is 18.8. The Balaban J connectivity index is 1.75. The molecule has 26 heavy (non-hydrogen) atoms. The van der Waals surface area contributed by atoms with Gasteiger partial charge in [0.2, 0.25) is 0 Å². The van der Waals surface area contributed by atoms with E-state index in [1.807, 2.05) is 6.92 Å². The molecule has 0 bridgehead atoms. The molecular formula is C18H35N3O4S. The lowest BCUT2D eigenvalue weighted by Crippen LogP contribution is -2.47. The van der Waals surface area contributed by atoms with E-state index in [1.165, 1.54) is 12.8 Å². The van der Waals surface area contributed by atoms with Crippen molar-refractivity contribution in [1.29, 1.82) is 0 Å². The Morgan fingerprint density at radius 3 is 2.62 bits per heavy atom. The first-order valence-electron chi connectivity index (χ1n) is 10.0. The largest absolute Gasteiger partial charge is 0.376 e. The van der Waals surface area contributed by atoms with Crippen LogP contribution in [0.5, 0.6) is 0 Å². The van der Waals surface area contributed by atoms with Crippen LogP contribution < -0.4 is 5.32 Å². The van der Waals surface area contributed by atoms with Crippen LogP contribution in [-0.4, -0.2) is 82.4 Å². The van der Waals surface area contributed by atoms with Gasteiger partial charge in [0.15, 0.2) is 15.8 Å². The molecule has 2 saturated heterocycles. The normalized spacial score (nSPS) is 23.2. The van der Waals surface area contributed by atoms with Gasteiger partial charge < -0.3 is 19.7 Å². The van der Waals surface area contributed by atoms with Gasteiger partial charge in [-0.1, -0.05) is 6.92 Å². The van der Waals surface area contributed by atoms with Gasteiger partial charge in [-0.25, -0.2) is 8.42 Å². The van der Waals surface area contributed by atoms with E-state index in [0.717, 1.165) is 51.5 Å². The Morgan fingerprint density at radius 1 is 1.23 bits per heavy atom. The molecule has 0 radical (unpaired) electrons. The molecule has 7 nitrogen and oxygen atoms in total. The molecule has 0 aromatic carbocycles. The lowest BCUT2D eigenvalue weighted by Gasteiger charge is -2.35. The molecule has 1 unspecified atom stereocenters. The molecule has 2 fully saturated rings. The summed E-state index contributed by atoms with van der Waals surface area (Å²) in [6, 6.07) is 0. The number of nitrogens with one attached hydrogen (secondary N) is 1.